The van der Waals surface area contributed by atoms with Crippen LogP contribution in [0.5, 0.6) is 0 Å². The van der Waals surface area contributed by atoms with Crippen molar-refractivity contribution < 1.29 is 9.53 Å². The van der Waals surface area contributed by atoms with Gasteiger partial charge in [-0.25, -0.2) is 0 Å². The highest BCUT2D eigenvalue weighted by molar-refractivity contribution is 5.66. The molecule has 3 atom stereocenters. The smallest absolute Gasteiger partial charge is 0.303 e. The van der Waals surface area contributed by atoms with E-state index in [1.807, 2.05) is 6.08 Å². The van der Waals surface area contributed by atoms with Gasteiger partial charge in [-0.3, -0.25) is 4.79 Å². The number of nitrogens with one attached hydrogen (secondary N) is 1. The molecular formula is C17H19N3O2. The molecule has 0 aliphatic carbocycles. The first-order valence-corrected chi connectivity index (χ1v) is 7.42. The summed E-state index contributed by atoms with van der Waals surface area (Å²) in [5, 5.41) is 22.7. The molecule has 1 fully saturated rings. The molecule has 1 N–H and O–H groups in total. The number of carbonyl (C=O) groups excluding carboxylic acids is 1. The molecule has 5 nitrogen and oxygen atoms in total. The van der Waals surface area contributed by atoms with Gasteiger partial charge in [0.15, 0.2) is 12.0 Å². The van der Waals surface area contributed by atoms with Gasteiger partial charge >= 0.3 is 5.97 Å². The van der Waals surface area contributed by atoms with E-state index in [0.29, 0.717) is 6.04 Å². The molecule has 0 aromatic rings. The van der Waals surface area contributed by atoms with Crippen LogP contribution in [0.25, 0.3) is 0 Å². The molecule has 2 aliphatic heterocycles. The number of rotatable bonds is 3. The van der Waals surface area contributed by atoms with Gasteiger partial charge in [0.2, 0.25) is 0 Å². The normalized spacial score (nSPS) is 26.0. The molecule has 0 saturated carbocycles. The summed E-state index contributed by atoms with van der Waals surface area (Å²) in [6.45, 7) is 3.36. The molecule has 0 spiro atoms. The lowest BCUT2D eigenvalue weighted by atomic mass is 9.71. The molecule has 0 aromatic carbocycles. The van der Waals surface area contributed by atoms with Crippen molar-refractivity contribution in [1.82, 2.24) is 5.32 Å². The number of esters is 1. The summed E-state index contributed by atoms with van der Waals surface area (Å²) < 4.78 is 4.73. The van der Waals surface area contributed by atoms with Crippen molar-refractivity contribution in [3.63, 3.8) is 0 Å². The van der Waals surface area contributed by atoms with Crippen molar-refractivity contribution in [2.24, 2.45) is 11.3 Å². The number of nitriles is 2. The summed E-state index contributed by atoms with van der Waals surface area (Å²) in [5.41, 5.74) is -0.337. The largest absolute Gasteiger partial charge is 0.453 e. The maximum Gasteiger partial charge on any atom is 0.303 e. The minimum atomic E-state index is -1.22. The van der Waals surface area contributed by atoms with Gasteiger partial charge < -0.3 is 10.1 Å². The molecule has 2 bridgehead atoms. The summed E-state index contributed by atoms with van der Waals surface area (Å²) >= 11 is 0. The van der Waals surface area contributed by atoms with Crippen LogP contribution < -0.4 is 5.32 Å². The van der Waals surface area contributed by atoms with E-state index in [2.05, 4.69) is 36.2 Å². The van der Waals surface area contributed by atoms with Crippen molar-refractivity contribution in [2.75, 3.05) is 6.61 Å². The maximum absolute atomic E-state index is 10.7. The number of nitrogens with zero attached hydrogens (tertiary/aromatic N) is 2. The quantitative estimate of drug-likeness (QED) is 0.486. The van der Waals surface area contributed by atoms with E-state index in [9.17, 15) is 15.3 Å². The summed E-state index contributed by atoms with van der Waals surface area (Å²) in [7, 11) is 0. The van der Waals surface area contributed by atoms with Crippen molar-refractivity contribution in [3.8, 4) is 24.0 Å². The number of hydrogen-bond acceptors (Lipinski definition) is 5. The van der Waals surface area contributed by atoms with Crippen molar-refractivity contribution >= 4 is 5.97 Å². The Morgan fingerprint density at radius 2 is 2.14 bits per heavy atom. The zero-order valence-electron chi connectivity index (χ0n) is 12.8. The molecule has 0 radical (unpaired) electrons. The summed E-state index contributed by atoms with van der Waals surface area (Å²) in [6.07, 6.45) is 4.28. The van der Waals surface area contributed by atoms with E-state index in [4.69, 9.17) is 4.74 Å². The van der Waals surface area contributed by atoms with E-state index in [-0.39, 0.29) is 25.0 Å². The fourth-order valence-electron chi connectivity index (χ4n) is 3.16. The summed E-state index contributed by atoms with van der Waals surface area (Å²) in [5.74, 6) is 5.26. The third kappa shape index (κ3) is 3.14. The Bertz CT molecular complexity index is 613. The molecule has 2 heterocycles. The first-order valence-electron chi connectivity index (χ1n) is 7.42. The Labute approximate surface area is 130 Å². The Balaban J connectivity index is 2.17. The molecule has 22 heavy (non-hydrogen) atoms. The highest BCUT2D eigenvalue weighted by Gasteiger charge is 2.44. The maximum atomic E-state index is 10.7. The molecule has 0 unspecified atom stereocenters. The van der Waals surface area contributed by atoms with Crippen LogP contribution in [0.2, 0.25) is 0 Å². The minimum absolute atomic E-state index is 0.0102. The van der Waals surface area contributed by atoms with Crippen LogP contribution in [0.15, 0.2) is 11.6 Å². The average Bonchev–Trinajstić information content (AvgIpc) is 2.91. The van der Waals surface area contributed by atoms with Crippen LogP contribution in [0.4, 0.5) is 0 Å². The molecule has 2 aliphatic rings. The Kier molecular flexibility index (Phi) is 4.86. The molecule has 114 valence electrons. The van der Waals surface area contributed by atoms with Crippen molar-refractivity contribution in [3.05, 3.63) is 11.6 Å². The van der Waals surface area contributed by atoms with Crippen molar-refractivity contribution in [2.45, 2.75) is 45.2 Å². The third-order valence-corrected chi connectivity index (χ3v) is 4.39. The van der Waals surface area contributed by atoms with Crippen LogP contribution in [0, 0.1) is 45.8 Å². The number of carbonyl (C=O) groups is 1. The van der Waals surface area contributed by atoms with Gasteiger partial charge in [-0.2, -0.15) is 10.5 Å². The summed E-state index contributed by atoms with van der Waals surface area (Å²) in [6, 6.07) is 4.92. The fraction of sp³-hybridized carbons (Fsp3) is 0.588. The van der Waals surface area contributed by atoms with E-state index in [1.54, 1.807) is 0 Å². The zero-order chi connectivity index (χ0) is 16.2. The van der Waals surface area contributed by atoms with Gasteiger partial charge in [0.25, 0.3) is 0 Å². The van der Waals surface area contributed by atoms with Gasteiger partial charge in [-0.15, -0.1) is 0 Å². The Hall–Kier alpha value is -2.29. The molecular weight excluding hydrogens is 278 g/mol. The molecule has 5 heteroatoms. The molecule has 0 aromatic heterocycles. The first-order chi connectivity index (χ1) is 10.5. The second kappa shape index (κ2) is 6.65. The topological polar surface area (TPSA) is 85.9 Å². The predicted molar refractivity (Wildman–Crippen MR) is 79.9 cm³/mol. The number of hydrogen-bond donors (Lipinski definition) is 1. The highest BCUT2D eigenvalue weighted by atomic mass is 16.5. The standard InChI is InChI=1S/C17H19N3O2/c1-12-15(9-14-5-6-16(12)20-14)17(10-18,11-19)7-3-4-8-22-13(2)21/h9,12,14,16,20H,5-8H2,1-2H3/t12-,14-,16+/m1/s1. The van der Waals surface area contributed by atoms with E-state index >= 15 is 0 Å². The summed E-state index contributed by atoms with van der Waals surface area (Å²) in [4.78, 5) is 10.7. The lowest BCUT2D eigenvalue weighted by molar-refractivity contribution is -0.139. The first kappa shape index (κ1) is 16.1. The van der Waals surface area contributed by atoms with Crippen LogP contribution in [0.3, 0.4) is 0 Å². The monoisotopic (exact) mass is 297 g/mol. The number of ether oxygens (including phenoxy) is 1. The van der Waals surface area contributed by atoms with Crippen LogP contribution in [-0.4, -0.2) is 24.7 Å². The van der Waals surface area contributed by atoms with Crippen LogP contribution >= 0.6 is 0 Å². The van der Waals surface area contributed by atoms with Gasteiger partial charge in [0, 0.05) is 25.4 Å². The SMILES string of the molecule is CC(=O)OCC#CCC(C#N)(C#N)C1=C[C@H]2CC[C@H](N2)[C@@H]1C. The Morgan fingerprint density at radius 3 is 2.77 bits per heavy atom. The average molecular weight is 297 g/mol. The Morgan fingerprint density at radius 1 is 1.41 bits per heavy atom. The van der Waals surface area contributed by atoms with Crippen LogP contribution in [-0.2, 0) is 9.53 Å². The minimum Gasteiger partial charge on any atom is -0.453 e. The second-order valence-corrected chi connectivity index (χ2v) is 5.81. The fourth-order valence-corrected chi connectivity index (χ4v) is 3.16. The second-order valence-electron chi connectivity index (χ2n) is 5.81. The zero-order valence-corrected chi connectivity index (χ0v) is 12.8. The number of fused-ring (bicyclic) bond motifs is 2. The molecule has 1 saturated heterocycles. The van der Waals surface area contributed by atoms with Crippen LogP contribution in [0.1, 0.15) is 33.1 Å². The van der Waals surface area contributed by atoms with Gasteiger partial charge in [-0.05, 0) is 24.3 Å². The predicted octanol–water partition coefficient (Wildman–Crippen LogP) is 1.67. The highest BCUT2D eigenvalue weighted by Crippen LogP contribution is 2.42. The lowest BCUT2D eigenvalue weighted by Crippen LogP contribution is -2.42. The third-order valence-electron chi connectivity index (χ3n) is 4.39. The van der Waals surface area contributed by atoms with E-state index in [1.165, 1.54) is 6.92 Å². The van der Waals surface area contributed by atoms with Crippen molar-refractivity contribution in [1.29, 1.82) is 10.5 Å². The van der Waals surface area contributed by atoms with E-state index in [0.717, 1.165) is 18.4 Å². The lowest BCUT2D eigenvalue weighted by Gasteiger charge is -2.33. The van der Waals surface area contributed by atoms with Gasteiger partial charge in [0.1, 0.15) is 0 Å². The molecule has 0 amide bonds. The van der Waals surface area contributed by atoms with Gasteiger partial charge in [-0.1, -0.05) is 24.8 Å². The molecule has 2 rings (SSSR count). The van der Waals surface area contributed by atoms with E-state index < -0.39 is 11.4 Å². The van der Waals surface area contributed by atoms with Gasteiger partial charge in [0.05, 0.1) is 12.1 Å².